The van der Waals surface area contributed by atoms with E-state index in [0.29, 0.717) is 18.8 Å². The van der Waals surface area contributed by atoms with Gasteiger partial charge in [0.15, 0.2) is 0 Å². The van der Waals surface area contributed by atoms with Crippen LogP contribution >= 0.6 is 0 Å². The number of carboxylic acid groups (broad SMARTS) is 1. The normalized spacial score (nSPS) is 37.6. The van der Waals surface area contributed by atoms with Gasteiger partial charge in [-0.1, -0.05) is 6.42 Å². The first-order valence-corrected chi connectivity index (χ1v) is 8.51. The summed E-state index contributed by atoms with van der Waals surface area (Å²) in [5.74, 6) is -0.490. The molecule has 6 heteroatoms. The number of rotatable bonds is 3. The highest BCUT2D eigenvalue weighted by atomic mass is 32.2. The van der Waals surface area contributed by atoms with E-state index >= 15 is 0 Å². The molecule has 1 aliphatic heterocycles. The number of aliphatic carboxylic acids is 1. The molecule has 4 unspecified atom stereocenters. The summed E-state index contributed by atoms with van der Waals surface area (Å²) in [6, 6.07) is -0.274. The minimum Gasteiger partial charge on any atom is -0.480 e. The van der Waals surface area contributed by atoms with E-state index in [1.165, 1.54) is 6.26 Å². The van der Waals surface area contributed by atoms with Gasteiger partial charge in [-0.3, -0.25) is 4.79 Å². The molecule has 2 fully saturated rings. The van der Waals surface area contributed by atoms with Crippen LogP contribution in [0.2, 0.25) is 0 Å². The largest absolute Gasteiger partial charge is 0.480 e. The van der Waals surface area contributed by atoms with Crippen molar-refractivity contribution in [2.75, 3.05) is 6.26 Å². The van der Waals surface area contributed by atoms with Crippen molar-refractivity contribution in [2.24, 2.45) is 5.92 Å². The summed E-state index contributed by atoms with van der Waals surface area (Å²) in [6.45, 7) is 0. The van der Waals surface area contributed by atoms with Gasteiger partial charge in [0.1, 0.15) is 15.9 Å². The minimum absolute atomic E-state index is 0.177. The second kappa shape index (κ2) is 5.17. The SMILES string of the molecule is CS(=O)(=O)C1CCCC(C2CCC(C(=O)O)N2)C1. The molecule has 0 aromatic rings. The van der Waals surface area contributed by atoms with Crippen LogP contribution in [0.5, 0.6) is 0 Å². The van der Waals surface area contributed by atoms with Gasteiger partial charge in [0, 0.05) is 12.3 Å². The summed E-state index contributed by atoms with van der Waals surface area (Å²) in [5, 5.41) is 11.9. The zero-order chi connectivity index (χ0) is 13.3. The van der Waals surface area contributed by atoms with Gasteiger partial charge in [-0.15, -0.1) is 0 Å². The van der Waals surface area contributed by atoms with E-state index in [1.54, 1.807) is 0 Å². The molecule has 1 saturated carbocycles. The van der Waals surface area contributed by atoms with Crippen molar-refractivity contribution >= 4 is 15.8 Å². The third-order valence-electron chi connectivity index (χ3n) is 4.32. The second-order valence-electron chi connectivity index (χ2n) is 5.62. The Balaban J connectivity index is 1.96. The van der Waals surface area contributed by atoms with Crippen LogP contribution in [0, 0.1) is 5.92 Å². The fourth-order valence-corrected chi connectivity index (χ4v) is 4.46. The molecular weight excluding hydrogens is 254 g/mol. The molecule has 0 radical (unpaired) electrons. The Hall–Kier alpha value is -0.620. The van der Waals surface area contributed by atoms with Crippen molar-refractivity contribution in [2.45, 2.75) is 55.9 Å². The standard InChI is InChI=1S/C12H21NO4S/c1-18(16,17)9-4-2-3-8(7-9)10-5-6-11(13-10)12(14)15/h8-11,13H,2-7H2,1H3,(H,14,15). The van der Waals surface area contributed by atoms with Crippen LogP contribution in [-0.2, 0) is 14.6 Å². The van der Waals surface area contributed by atoms with Crippen LogP contribution < -0.4 is 5.32 Å². The molecular formula is C12H21NO4S. The fraction of sp³-hybridized carbons (Fsp3) is 0.917. The van der Waals surface area contributed by atoms with E-state index < -0.39 is 21.8 Å². The molecule has 0 aromatic heterocycles. The molecule has 0 amide bonds. The number of hydrogen-bond donors (Lipinski definition) is 2. The molecule has 4 atom stereocenters. The Kier molecular flexibility index (Phi) is 3.96. The van der Waals surface area contributed by atoms with E-state index in [1.807, 2.05) is 0 Å². The summed E-state index contributed by atoms with van der Waals surface area (Å²) >= 11 is 0. The number of hydrogen-bond acceptors (Lipinski definition) is 4. The Labute approximate surface area is 108 Å². The lowest BCUT2D eigenvalue weighted by atomic mass is 9.83. The van der Waals surface area contributed by atoms with Gasteiger partial charge in [-0.2, -0.15) is 0 Å². The molecule has 5 nitrogen and oxygen atoms in total. The van der Waals surface area contributed by atoms with Crippen LogP contribution in [0.4, 0.5) is 0 Å². The van der Waals surface area contributed by atoms with Gasteiger partial charge in [0.25, 0.3) is 0 Å². The first-order valence-electron chi connectivity index (χ1n) is 6.55. The van der Waals surface area contributed by atoms with Crippen molar-refractivity contribution < 1.29 is 18.3 Å². The highest BCUT2D eigenvalue weighted by molar-refractivity contribution is 7.91. The molecule has 2 aliphatic rings. The van der Waals surface area contributed by atoms with E-state index in [0.717, 1.165) is 25.7 Å². The Morgan fingerprint density at radius 2 is 1.94 bits per heavy atom. The predicted octanol–water partition coefficient (Wildman–Crippen LogP) is 0.795. The highest BCUT2D eigenvalue weighted by Gasteiger charge is 2.37. The zero-order valence-electron chi connectivity index (χ0n) is 10.6. The van der Waals surface area contributed by atoms with Crippen LogP contribution in [0.1, 0.15) is 38.5 Å². The smallest absolute Gasteiger partial charge is 0.320 e. The summed E-state index contributed by atoms with van der Waals surface area (Å²) in [5.41, 5.74) is 0. The highest BCUT2D eigenvalue weighted by Crippen LogP contribution is 2.34. The Morgan fingerprint density at radius 3 is 2.50 bits per heavy atom. The maximum absolute atomic E-state index is 11.6. The van der Waals surface area contributed by atoms with Gasteiger partial charge in [-0.25, -0.2) is 8.42 Å². The van der Waals surface area contributed by atoms with Crippen molar-refractivity contribution in [3.05, 3.63) is 0 Å². The Bertz CT molecular complexity index is 420. The summed E-state index contributed by atoms with van der Waals surface area (Å²) in [7, 11) is -2.96. The molecule has 1 saturated heterocycles. The van der Waals surface area contributed by atoms with E-state index in [4.69, 9.17) is 5.11 Å². The van der Waals surface area contributed by atoms with Crippen molar-refractivity contribution in [3.8, 4) is 0 Å². The lowest BCUT2D eigenvalue weighted by Gasteiger charge is -2.32. The molecule has 0 aromatic carbocycles. The third kappa shape index (κ3) is 3.03. The van der Waals surface area contributed by atoms with E-state index in [2.05, 4.69) is 5.32 Å². The minimum atomic E-state index is -2.96. The molecule has 18 heavy (non-hydrogen) atoms. The molecule has 0 bridgehead atoms. The van der Waals surface area contributed by atoms with Crippen molar-refractivity contribution in [1.82, 2.24) is 5.32 Å². The van der Waals surface area contributed by atoms with Crippen LogP contribution in [0.25, 0.3) is 0 Å². The van der Waals surface area contributed by atoms with Crippen molar-refractivity contribution in [3.63, 3.8) is 0 Å². The van der Waals surface area contributed by atoms with Gasteiger partial charge in [-0.05, 0) is 38.0 Å². The maximum atomic E-state index is 11.6. The zero-order valence-corrected chi connectivity index (χ0v) is 11.4. The average Bonchev–Trinajstić information content (AvgIpc) is 2.77. The van der Waals surface area contributed by atoms with Crippen LogP contribution in [0.3, 0.4) is 0 Å². The quantitative estimate of drug-likeness (QED) is 0.796. The number of nitrogens with one attached hydrogen (secondary N) is 1. The average molecular weight is 275 g/mol. The third-order valence-corrected chi connectivity index (χ3v) is 5.96. The molecule has 2 rings (SSSR count). The van der Waals surface area contributed by atoms with Gasteiger partial charge >= 0.3 is 5.97 Å². The summed E-state index contributed by atoms with van der Waals surface area (Å²) < 4.78 is 23.2. The van der Waals surface area contributed by atoms with Crippen molar-refractivity contribution in [1.29, 1.82) is 0 Å². The van der Waals surface area contributed by atoms with Gasteiger partial charge in [0.2, 0.25) is 0 Å². The number of carbonyl (C=O) groups is 1. The monoisotopic (exact) mass is 275 g/mol. The predicted molar refractivity (Wildman–Crippen MR) is 68.2 cm³/mol. The lowest BCUT2D eigenvalue weighted by Crippen LogP contribution is -2.42. The molecule has 104 valence electrons. The topological polar surface area (TPSA) is 83.5 Å². The molecule has 2 N–H and O–H groups in total. The first kappa shape index (κ1) is 13.8. The fourth-order valence-electron chi connectivity index (χ4n) is 3.27. The second-order valence-corrected chi connectivity index (χ2v) is 7.95. The van der Waals surface area contributed by atoms with E-state index in [9.17, 15) is 13.2 Å². The molecule has 1 aliphatic carbocycles. The van der Waals surface area contributed by atoms with Gasteiger partial charge in [0.05, 0.1) is 5.25 Å². The molecule has 0 spiro atoms. The maximum Gasteiger partial charge on any atom is 0.320 e. The number of sulfone groups is 1. The van der Waals surface area contributed by atoms with Crippen LogP contribution in [0.15, 0.2) is 0 Å². The summed E-state index contributed by atoms with van der Waals surface area (Å²) in [6.07, 6.45) is 6.18. The summed E-state index contributed by atoms with van der Waals surface area (Å²) in [4.78, 5) is 10.9. The van der Waals surface area contributed by atoms with E-state index in [-0.39, 0.29) is 11.3 Å². The first-order chi connectivity index (χ1) is 8.38. The van der Waals surface area contributed by atoms with Crippen LogP contribution in [-0.4, -0.2) is 43.1 Å². The van der Waals surface area contributed by atoms with Gasteiger partial charge < -0.3 is 10.4 Å². The molecule has 1 heterocycles. The lowest BCUT2D eigenvalue weighted by molar-refractivity contribution is -0.139. The number of carboxylic acids is 1. The Morgan fingerprint density at radius 1 is 1.22 bits per heavy atom.